The van der Waals surface area contributed by atoms with Crippen LogP contribution in [0, 0.1) is 0 Å². The molecule has 9 heteroatoms. The van der Waals surface area contributed by atoms with Gasteiger partial charge in [0.15, 0.2) is 0 Å². The lowest BCUT2D eigenvalue weighted by molar-refractivity contribution is -0.119. The molecule has 0 saturated heterocycles. The van der Waals surface area contributed by atoms with Crippen LogP contribution in [0.2, 0.25) is 0 Å². The van der Waals surface area contributed by atoms with Crippen molar-refractivity contribution in [2.45, 2.75) is 36.2 Å². The molecule has 1 aromatic heterocycles. The lowest BCUT2D eigenvalue weighted by Crippen LogP contribution is -2.41. The number of nitrogens with zero attached hydrogens (tertiary/aromatic N) is 4. The van der Waals surface area contributed by atoms with Crippen molar-refractivity contribution in [1.82, 2.24) is 30.8 Å². The van der Waals surface area contributed by atoms with Gasteiger partial charge in [0.1, 0.15) is 5.25 Å². The van der Waals surface area contributed by atoms with Gasteiger partial charge in [0.2, 0.25) is 11.1 Å². The van der Waals surface area contributed by atoms with Gasteiger partial charge in [-0.2, -0.15) is 0 Å². The van der Waals surface area contributed by atoms with Gasteiger partial charge in [-0.05, 0) is 35.8 Å². The number of carbonyl (C=O) groups excluding carboxylic acids is 2. The fourth-order valence-corrected chi connectivity index (χ4v) is 3.25. The van der Waals surface area contributed by atoms with Gasteiger partial charge < -0.3 is 5.32 Å². The van der Waals surface area contributed by atoms with Gasteiger partial charge in [-0.15, -0.1) is 5.10 Å². The average molecular weight is 346 g/mol. The van der Waals surface area contributed by atoms with Crippen molar-refractivity contribution >= 4 is 23.7 Å². The summed E-state index contributed by atoms with van der Waals surface area (Å²) in [6, 6.07) is 9.08. The molecule has 3 rings (SSSR count). The topological polar surface area (TPSA) is 102 Å². The molecule has 0 spiro atoms. The highest BCUT2D eigenvalue weighted by Crippen LogP contribution is 2.40. The zero-order valence-electron chi connectivity index (χ0n) is 13.2. The fraction of sp³-hybridized carbons (Fsp3) is 0.400. The number of imide groups is 1. The van der Waals surface area contributed by atoms with Crippen molar-refractivity contribution in [3.8, 4) is 0 Å². The Morgan fingerprint density at radius 1 is 1.33 bits per heavy atom. The van der Waals surface area contributed by atoms with Crippen LogP contribution in [0.4, 0.5) is 4.79 Å². The van der Waals surface area contributed by atoms with E-state index >= 15 is 0 Å². The lowest BCUT2D eigenvalue weighted by atomic mass is 10.1. The van der Waals surface area contributed by atoms with E-state index in [9.17, 15) is 9.59 Å². The summed E-state index contributed by atoms with van der Waals surface area (Å²) < 4.78 is 1.75. The average Bonchev–Trinajstić information content (AvgIpc) is 3.32. The number of carbonyl (C=O) groups is 2. The number of nitrogens with one attached hydrogen (secondary N) is 2. The van der Waals surface area contributed by atoms with Crippen LogP contribution in [0.25, 0.3) is 0 Å². The monoisotopic (exact) mass is 346 g/mol. The summed E-state index contributed by atoms with van der Waals surface area (Å²) in [6.45, 7) is 2.24. The van der Waals surface area contributed by atoms with Crippen molar-refractivity contribution in [3.05, 3.63) is 35.9 Å². The predicted octanol–water partition coefficient (Wildman–Crippen LogP) is 1.69. The minimum atomic E-state index is -0.614. The van der Waals surface area contributed by atoms with Crippen molar-refractivity contribution in [3.63, 3.8) is 0 Å². The van der Waals surface area contributed by atoms with E-state index in [1.807, 2.05) is 30.3 Å². The maximum atomic E-state index is 12.6. The second kappa shape index (κ2) is 7.43. The standard InChI is InChI=1S/C15H18N6O2S/c1-2-16-14(23)17-13(22)12(10-6-4-3-5-7-10)24-15-18-19-20-21(15)11-8-9-11/h3-7,11-12H,2,8-9H2,1H3,(H2,16,17,22,23)/t12-/m1/s1. The third-order valence-corrected chi connectivity index (χ3v) is 4.69. The van der Waals surface area contributed by atoms with E-state index in [1.54, 1.807) is 11.6 Å². The van der Waals surface area contributed by atoms with Gasteiger partial charge in [-0.25, -0.2) is 9.48 Å². The Hall–Kier alpha value is -2.42. The third kappa shape index (κ3) is 3.91. The molecule has 1 aromatic carbocycles. The number of tetrazole rings is 1. The van der Waals surface area contributed by atoms with E-state index in [0.29, 0.717) is 17.7 Å². The number of thioether (sulfide) groups is 1. The van der Waals surface area contributed by atoms with Gasteiger partial charge in [0.05, 0.1) is 6.04 Å². The zero-order chi connectivity index (χ0) is 16.9. The van der Waals surface area contributed by atoms with Crippen LogP contribution in [0.15, 0.2) is 35.5 Å². The first-order chi connectivity index (χ1) is 11.7. The summed E-state index contributed by atoms with van der Waals surface area (Å²) in [4.78, 5) is 24.3. The Bertz CT molecular complexity index is 716. The van der Waals surface area contributed by atoms with Crippen LogP contribution in [0.3, 0.4) is 0 Å². The Morgan fingerprint density at radius 3 is 2.75 bits per heavy atom. The largest absolute Gasteiger partial charge is 0.338 e. The molecule has 3 amide bonds. The molecule has 1 aliphatic carbocycles. The smallest absolute Gasteiger partial charge is 0.321 e. The first-order valence-electron chi connectivity index (χ1n) is 7.77. The van der Waals surface area contributed by atoms with Crippen LogP contribution < -0.4 is 10.6 Å². The SMILES string of the molecule is CCNC(=O)NC(=O)[C@H](Sc1nnnn1C1CC1)c1ccccc1. The van der Waals surface area contributed by atoms with E-state index in [0.717, 1.165) is 18.4 Å². The maximum Gasteiger partial charge on any atom is 0.321 e. The number of benzene rings is 1. The van der Waals surface area contributed by atoms with Gasteiger partial charge in [0.25, 0.3) is 0 Å². The molecule has 0 radical (unpaired) electrons. The van der Waals surface area contributed by atoms with Crippen molar-refractivity contribution in [1.29, 1.82) is 0 Å². The molecule has 1 aliphatic rings. The molecular weight excluding hydrogens is 328 g/mol. The highest BCUT2D eigenvalue weighted by atomic mass is 32.2. The van der Waals surface area contributed by atoms with Gasteiger partial charge in [0, 0.05) is 6.54 Å². The maximum absolute atomic E-state index is 12.6. The summed E-state index contributed by atoms with van der Waals surface area (Å²) in [7, 11) is 0. The van der Waals surface area contributed by atoms with Gasteiger partial charge >= 0.3 is 6.03 Å². The minimum absolute atomic E-state index is 0.311. The molecule has 2 N–H and O–H groups in total. The van der Waals surface area contributed by atoms with Crippen molar-refractivity contribution in [2.24, 2.45) is 0 Å². The van der Waals surface area contributed by atoms with E-state index in [4.69, 9.17) is 0 Å². The number of urea groups is 1. The molecule has 2 aromatic rings. The number of hydrogen-bond donors (Lipinski definition) is 2. The minimum Gasteiger partial charge on any atom is -0.338 e. The highest BCUT2D eigenvalue weighted by Gasteiger charge is 2.31. The number of rotatable bonds is 6. The molecule has 8 nitrogen and oxygen atoms in total. The molecule has 0 unspecified atom stereocenters. The Balaban J connectivity index is 1.81. The number of hydrogen-bond acceptors (Lipinski definition) is 6. The predicted molar refractivity (Wildman–Crippen MR) is 88.3 cm³/mol. The molecule has 1 heterocycles. The van der Waals surface area contributed by atoms with E-state index in [2.05, 4.69) is 26.2 Å². The second-order valence-electron chi connectivity index (χ2n) is 5.39. The molecule has 24 heavy (non-hydrogen) atoms. The highest BCUT2D eigenvalue weighted by molar-refractivity contribution is 8.00. The summed E-state index contributed by atoms with van der Waals surface area (Å²) in [6.07, 6.45) is 2.08. The van der Waals surface area contributed by atoms with E-state index in [1.165, 1.54) is 11.8 Å². The van der Waals surface area contributed by atoms with Crippen LogP contribution in [-0.2, 0) is 4.79 Å². The van der Waals surface area contributed by atoms with Crippen LogP contribution >= 0.6 is 11.8 Å². The third-order valence-electron chi connectivity index (χ3n) is 3.49. The molecule has 0 bridgehead atoms. The zero-order valence-corrected chi connectivity index (χ0v) is 14.0. The quantitative estimate of drug-likeness (QED) is 0.772. The number of amides is 3. The Morgan fingerprint density at radius 2 is 2.08 bits per heavy atom. The normalized spacial score (nSPS) is 14.9. The molecular formula is C15H18N6O2S. The summed E-state index contributed by atoms with van der Waals surface area (Å²) in [5.74, 6) is -0.400. The van der Waals surface area contributed by atoms with E-state index in [-0.39, 0.29) is 0 Å². The van der Waals surface area contributed by atoms with Crippen LogP contribution in [0.1, 0.15) is 36.6 Å². The molecule has 1 saturated carbocycles. The second-order valence-corrected chi connectivity index (χ2v) is 6.47. The fourth-order valence-electron chi connectivity index (χ4n) is 2.20. The molecule has 1 fully saturated rings. The summed E-state index contributed by atoms with van der Waals surface area (Å²) in [5, 5.41) is 16.6. The first-order valence-corrected chi connectivity index (χ1v) is 8.65. The van der Waals surface area contributed by atoms with Gasteiger partial charge in [-0.1, -0.05) is 42.1 Å². The van der Waals surface area contributed by atoms with Crippen LogP contribution in [0.5, 0.6) is 0 Å². The molecule has 126 valence electrons. The Kier molecular flexibility index (Phi) is 5.09. The Labute approximate surface area is 143 Å². The van der Waals surface area contributed by atoms with Crippen LogP contribution in [-0.4, -0.2) is 38.7 Å². The summed E-state index contributed by atoms with van der Waals surface area (Å²) >= 11 is 1.25. The van der Waals surface area contributed by atoms with Gasteiger partial charge in [-0.3, -0.25) is 10.1 Å². The first kappa shape index (κ1) is 16.4. The number of aromatic nitrogens is 4. The summed E-state index contributed by atoms with van der Waals surface area (Å²) in [5.41, 5.74) is 0.787. The van der Waals surface area contributed by atoms with Crippen molar-refractivity contribution in [2.75, 3.05) is 6.54 Å². The molecule has 1 atom stereocenters. The van der Waals surface area contributed by atoms with E-state index < -0.39 is 17.2 Å². The lowest BCUT2D eigenvalue weighted by Gasteiger charge is -2.16. The molecule has 0 aliphatic heterocycles. The van der Waals surface area contributed by atoms with Crippen molar-refractivity contribution < 1.29 is 9.59 Å².